The fourth-order valence-electron chi connectivity index (χ4n) is 13.3. The van der Waals surface area contributed by atoms with Crippen LogP contribution in [0.2, 0.25) is 0 Å². The third-order valence-corrected chi connectivity index (χ3v) is 15.9. The summed E-state index contributed by atoms with van der Waals surface area (Å²) in [6.45, 7) is 0. The Bertz CT molecular complexity index is 3460. The molecule has 0 bridgehead atoms. The molecule has 0 aromatic heterocycles. The van der Waals surface area contributed by atoms with Crippen molar-refractivity contribution in [3.05, 3.63) is 346 Å². The molecule has 328 valence electrons. The van der Waals surface area contributed by atoms with Crippen molar-refractivity contribution in [3.63, 3.8) is 0 Å². The summed E-state index contributed by atoms with van der Waals surface area (Å²) in [4.78, 5) is 2.71. The van der Waals surface area contributed by atoms with Gasteiger partial charge in [0.2, 0.25) is 0 Å². The van der Waals surface area contributed by atoms with Gasteiger partial charge in [-0.25, -0.2) is 0 Å². The summed E-state index contributed by atoms with van der Waals surface area (Å²) >= 11 is 0. The van der Waals surface area contributed by atoms with Crippen LogP contribution in [-0.2, 0) is 16.4 Å². The van der Waals surface area contributed by atoms with Gasteiger partial charge in [-0.15, -0.1) is 0 Å². The van der Waals surface area contributed by atoms with Gasteiger partial charge in [0, 0.05) is 11.4 Å². The first-order chi connectivity index (χ1) is 34.7. The number of benzene rings is 11. The minimum Gasteiger partial charge on any atom is -0.323 e. The summed E-state index contributed by atoms with van der Waals surface area (Å²) in [6.07, 6.45) is 0. The number of rotatable bonds is 8. The Kier molecular flexibility index (Phi) is 9.00. The van der Waals surface area contributed by atoms with Gasteiger partial charge in [0.25, 0.3) is 0 Å². The lowest BCUT2D eigenvalue weighted by Gasteiger charge is -2.46. The van der Waals surface area contributed by atoms with E-state index >= 15 is 0 Å². The van der Waals surface area contributed by atoms with Crippen LogP contribution >= 0.6 is 0 Å². The molecule has 0 unspecified atom stereocenters. The summed E-state index contributed by atoms with van der Waals surface area (Å²) in [5, 5.41) is 0. The minimum atomic E-state index is -0.794. The molecule has 0 aliphatic heterocycles. The van der Waals surface area contributed by atoms with Crippen molar-refractivity contribution in [2.75, 3.05) is 4.90 Å². The standard InChI is InChI=1S/C69H47N/c1-6-24-48(25-7-1)67(49-26-8-2-9-27-49)61-38-20-16-34-55(61)59-44-42-53(46-65(59)67)70(69(52-32-14-5-15-33-52)63-40-22-18-36-57(63)58-37-19-23-41-64(58)69)54-43-45-60-56-35-17-21-39-62(56)68(66(60)47-54,50-28-10-3-11-29-50)51-30-12-4-13-31-51/h1-47H. The molecule has 0 fully saturated rings. The molecule has 1 heteroatoms. The molecule has 11 aromatic carbocycles. The highest BCUT2D eigenvalue weighted by Crippen LogP contribution is 2.63. The van der Waals surface area contributed by atoms with Gasteiger partial charge in [-0.2, -0.15) is 0 Å². The van der Waals surface area contributed by atoms with Crippen LogP contribution in [0.4, 0.5) is 11.4 Å². The Morgan fingerprint density at radius 3 is 0.800 bits per heavy atom. The first kappa shape index (κ1) is 40.3. The molecule has 0 radical (unpaired) electrons. The fourth-order valence-corrected chi connectivity index (χ4v) is 13.3. The molecule has 3 aliphatic carbocycles. The van der Waals surface area contributed by atoms with Crippen molar-refractivity contribution in [1.82, 2.24) is 0 Å². The Labute approximate surface area is 410 Å². The predicted molar refractivity (Wildman–Crippen MR) is 288 cm³/mol. The van der Waals surface area contributed by atoms with Crippen molar-refractivity contribution in [3.8, 4) is 33.4 Å². The van der Waals surface area contributed by atoms with Crippen molar-refractivity contribution in [2.24, 2.45) is 0 Å². The summed E-state index contributed by atoms with van der Waals surface area (Å²) < 4.78 is 0. The van der Waals surface area contributed by atoms with Crippen LogP contribution < -0.4 is 4.90 Å². The number of hydrogen-bond donors (Lipinski definition) is 0. The van der Waals surface area contributed by atoms with Crippen molar-refractivity contribution in [2.45, 2.75) is 16.4 Å². The Hall–Kier alpha value is -8.78. The van der Waals surface area contributed by atoms with E-state index < -0.39 is 16.4 Å². The Balaban J connectivity index is 1.13. The molecule has 11 aromatic rings. The first-order valence-corrected chi connectivity index (χ1v) is 24.5. The topological polar surface area (TPSA) is 3.24 Å². The quantitative estimate of drug-likeness (QED) is 0.147. The number of fused-ring (bicyclic) bond motifs is 9. The average molecular weight is 890 g/mol. The SMILES string of the molecule is c1ccc(C2(c3ccccc3)c3ccccc3-c3ccc(N(c4ccc5c(c4)C(c4ccccc4)(c4ccccc4)c4ccccc4-5)C4(c5ccccc5)c5ccccc5-c5ccccc54)cc32)cc1. The second-order valence-corrected chi connectivity index (χ2v) is 19.0. The molecule has 14 rings (SSSR count). The molecule has 3 aliphatic rings. The lowest BCUT2D eigenvalue weighted by molar-refractivity contribution is 0.642. The van der Waals surface area contributed by atoms with E-state index in [0.29, 0.717) is 0 Å². The van der Waals surface area contributed by atoms with E-state index in [-0.39, 0.29) is 0 Å². The fraction of sp³-hybridized carbons (Fsp3) is 0.0435. The molecule has 0 spiro atoms. The zero-order valence-electron chi connectivity index (χ0n) is 38.6. The van der Waals surface area contributed by atoms with Crippen LogP contribution in [0.25, 0.3) is 33.4 Å². The normalized spacial score (nSPS) is 14.6. The molecule has 1 nitrogen and oxygen atoms in total. The molecule has 0 saturated carbocycles. The van der Waals surface area contributed by atoms with Gasteiger partial charge in [-0.05, 0) is 119 Å². The van der Waals surface area contributed by atoms with E-state index in [1.54, 1.807) is 0 Å². The second kappa shape index (κ2) is 15.6. The maximum absolute atomic E-state index is 2.71. The van der Waals surface area contributed by atoms with E-state index in [1.807, 2.05) is 0 Å². The van der Waals surface area contributed by atoms with Gasteiger partial charge in [0.05, 0.1) is 10.8 Å². The summed E-state index contributed by atoms with van der Waals surface area (Å²) in [5.41, 5.74) is 21.6. The molecule has 70 heavy (non-hydrogen) atoms. The molecule has 0 saturated heterocycles. The van der Waals surface area contributed by atoms with Crippen LogP contribution in [0.1, 0.15) is 61.2 Å². The zero-order chi connectivity index (χ0) is 46.3. The van der Waals surface area contributed by atoms with E-state index in [0.717, 1.165) is 11.4 Å². The van der Waals surface area contributed by atoms with Crippen LogP contribution in [0.5, 0.6) is 0 Å². The molecular weight excluding hydrogens is 843 g/mol. The van der Waals surface area contributed by atoms with Crippen molar-refractivity contribution >= 4 is 11.4 Å². The third kappa shape index (κ3) is 5.38. The van der Waals surface area contributed by atoms with E-state index in [4.69, 9.17) is 0 Å². The van der Waals surface area contributed by atoms with Crippen LogP contribution in [0.3, 0.4) is 0 Å². The van der Waals surface area contributed by atoms with Gasteiger partial charge in [-0.1, -0.05) is 261 Å². The minimum absolute atomic E-state index is 0.586. The third-order valence-electron chi connectivity index (χ3n) is 15.9. The lowest BCUT2D eigenvalue weighted by Crippen LogP contribution is -2.44. The van der Waals surface area contributed by atoms with E-state index in [1.165, 1.54) is 94.6 Å². The van der Waals surface area contributed by atoms with Gasteiger partial charge < -0.3 is 4.90 Å². The highest BCUT2D eigenvalue weighted by atomic mass is 15.2. The van der Waals surface area contributed by atoms with Gasteiger partial charge >= 0.3 is 0 Å². The zero-order valence-corrected chi connectivity index (χ0v) is 38.6. The highest BCUT2D eigenvalue weighted by molar-refractivity contribution is 5.94. The second-order valence-electron chi connectivity index (χ2n) is 19.0. The van der Waals surface area contributed by atoms with Crippen LogP contribution in [0.15, 0.2) is 285 Å². The molecule has 0 heterocycles. The van der Waals surface area contributed by atoms with Crippen molar-refractivity contribution < 1.29 is 0 Å². The summed E-state index contributed by atoms with van der Waals surface area (Å²) in [7, 11) is 0. The van der Waals surface area contributed by atoms with Crippen molar-refractivity contribution in [1.29, 1.82) is 0 Å². The first-order valence-electron chi connectivity index (χ1n) is 24.5. The van der Waals surface area contributed by atoms with E-state index in [2.05, 4.69) is 290 Å². The molecule has 0 N–H and O–H groups in total. The number of nitrogens with zero attached hydrogens (tertiary/aromatic N) is 1. The molecule has 0 atom stereocenters. The smallest absolute Gasteiger partial charge is 0.122 e. The van der Waals surface area contributed by atoms with Crippen LogP contribution in [-0.4, -0.2) is 0 Å². The lowest BCUT2D eigenvalue weighted by atomic mass is 9.67. The monoisotopic (exact) mass is 889 g/mol. The maximum Gasteiger partial charge on any atom is 0.122 e. The Morgan fingerprint density at radius 2 is 0.457 bits per heavy atom. The highest BCUT2D eigenvalue weighted by Gasteiger charge is 2.53. The largest absolute Gasteiger partial charge is 0.323 e. The average Bonchev–Trinajstić information content (AvgIpc) is 4.03. The van der Waals surface area contributed by atoms with Gasteiger partial charge in [0.1, 0.15) is 5.54 Å². The van der Waals surface area contributed by atoms with Gasteiger partial charge in [-0.3, -0.25) is 0 Å². The maximum atomic E-state index is 2.71. The predicted octanol–water partition coefficient (Wildman–Crippen LogP) is 16.5. The van der Waals surface area contributed by atoms with E-state index in [9.17, 15) is 0 Å². The number of anilines is 2. The number of hydrogen-bond acceptors (Lipinski definition) is 1. The molecular formula is C69H47N. The Morgan fingerprint density at radius 1 is 0.200 bits per heavy atom. The summed E-state index contributed by atoms with van der Waals surface area (Å²) in [5.74, 6) is 0. The summed E-state index contributed by atoms with van der Waals surface area (Å²) in [6, 6.07) is 107. The molecule has 0 amide bonds. The van der Waals surface area contributed by atoms with Crippen LogP contribution in [0, 0.1) is 0 Å². The van der Waals surface area contributed by atoms with Gasteiger partial charge in [0.15, 0.2) is 0 Å².